The monoisotopic (exact) mass is 181 g/mol. The molecule has 0 aliphatic rings. The number of thiophene rings is 1. The van der Waals surface area contributed by atoms with E-state index in [0.717, 1.165) is 4.88 Å². The molecule has 0 unspecified atom stereocenters. The fourth-order valence-corrected chi connectivity index (χ4v) is 1.55. The lowest BCUT2D eigenvalue weighted by atomic mass is 10.5. The number of rotatable bonds is 2. The second-order valence-electron chi connectivity index (χ2n) is 2.27. The van der Waals surface area contributed by atoms with Crippen LogP contribution in [0.15, 0.2) is 28.1 Å². The summed E-state index contributed by atoms with van der Waals surface area (Å²) < 4.78 is 5.23. The topological polar surface area (TPSA) is 46.3 Å². The summed E-state index contributed by atoms with van der Waals surface area (Å²) >= 11 is 1.56. The van der Waals surface area contributed by atoms with E-state index in [2.05, 4.69) is 4.98 Å². The Hall–Kier alpha value is -1.13. The van der Waals surface area contributed by atoms with E-state index >= 15 is 0 Å². The van der Waals surface area contributed by atoms with Crippen molar-refractivity contribution in [2.75, 3.05) is 0 Å². The van der Waals surface area contributed by atoms with Crippen LogP contribution in [-0.4, -0.2) is 10.1 Å². The van der Waals surface area contributed by atoms with Crippen LogP contribution in [0.25, 0.3) is 10.8 Å². The molecule has 3 nitrogen and oxygen atoms in total. The highest BCUT2D eigenvalue weighted by atomic mass is 32.1. The molecule has 2 aromatic heterocycles. The van der Waals surface area contributed by atoms with Gasteiger partial charge in [0.1, 0.15) is 12.4 Å². The summed E-state index contributed by atoms with van der Waals surface area (Å²) in [5.41, 5.74) is 0. The van der Waals surface area contributed by atoms with Gasteiger partial charge < -0.3 is 9.52 Å². The molecule has 2 rings (SSSR count). The molecule has 1 N–H and O–H groups in total. The highest BCUT2D eigenvalue weighted by molar-refractivity contribution is 7.13. The van der Waals surface area contributed by atoms with Crippen molar-refractivity contribution >= 4 is 11.3 Å². The van der Waals surface area contributed by atoms with Gasteiger partial charge in [0.05, 0.1) is 11.1 Å². The van der Waals surface area contributed by atoms with E-state index in [0.29, 0.717) is 11.7 Å². The molecule has 0 radical (unpaired) electrons. The highest BCUT2D eigenvalue weighted by Gasteiger charge is 2.05. The summed E-state index contributed by atoms with van der Waals surface area (Å²) in [5, 5.41) is 10.7. The van der Waals surface area contributed by atoms with Crippen LogP contribution in [0.1, 0.15) is 5.76 Å². The standard InChI is InChI=1S/C8H7NO2S/c10-5-6-4-9-8(11-6)7-2-1-3-12-7/h1-4,10H,5H2. The maximum atomic E-state index is 8.72. The number of aliphatic hydroxyl groups is 1. The maximum absolute atomic E-state index is 8.72. The Balaban J connectivity index is 2.35. The number of aliphatic hydroxyl groups excluding tert-OH is 1. The van der Waals surface area contributed by atoms with Gasteiger partial charge in [-0.15, -0.1) is 11.3 Å². The molecule has 2 heterocycles. The van der Waals surface area contributed by atoms with Crippen LogP contribution in [0.2, 0.25) is 0 Å². The average molecular weight is 181 g/mol. The van der Waals surface area contributed by atoms with Crippen molar-refractivity contribution in [1.29, 1.82) is 0 Å². The minimum absolute atomic E-state index is 0.0988. The quantitative estimate of drug-likeness (QED) is 0.769. The summed E-state index contributed by atoms with van der Waals surface area (Å²) in [5.74, 6) is 1.08. The fourth-order valence-electron chi connectivity index (χ4n) is 0.895. The lowest BCUT2D eigenvalue weighted by molar-refractivity contribution is 0.249. The summed E-state index contributed by atoms with van der Waals surface area (Å²) in [6, 6.07) is 3.86. The number of aromatic nitrogens is 1. The largest absolute Gasteiger partial charge is 0.438 e. The van der Waals surface area contributed by atoms with Crippen LogP contribution >= 0.6 is 11.3 Å². The summed E-state index contributed by atoms with van der Waals surface area (Å²) in [6.07, 6.45) is 1.54. The SMILES string of the molecule is OCc1cnc(-c2cccs2)o1. The Morgan fingerprint density at radius 2 is 2.50 bits per heavy atom. The highest BCUT2D eigenvalue weighted by Crippen LogP contribution is 2.23. The van der Waals surface area contributed by atoms with Gasteiger partial charge in [-0.05, 0) is 11.4 Å². The van der Waals surface area contributed by atoms with Gasteiger partial charge >= 0.3 is 0 Å². The van der Waals surface area contributed by atoms with E-state index < -0.39 is 0 Å². The van der Waals surface area contributed by atoms with Gasteiger partial charge in [-0.2, -0.15) is 0 Å². The van der Waals surface area contributed by atoms with E-state index in [9.17, 15) is 0 Å². The Morgan fingerprint density at radius 3 is 3.08 bits per heavy atom. The summed E-state index contributed by atoms with van der Waals surface area (Å²) in [7, 11) is 0. The molecule has 0 fully saturated rings. The van der Waals surface area contributed by atoms with Gasteiger partial charge in [-0.3, -0.25) is 0 Å². The first kappa shape index (κ1) is 7.52. The Morgan fingerprint density at radius 1 is 1.58 bits per heavy atom. The molecule has 0 spiro atoms. The Bertz CT molecular complexity index is 353. The number of nitrogens with zero attached hydrogens (tertiary/aromatic N) is 1. The molecule has 0 aromatic carbocycles. The fraction of sp³-hybridized carbons (Fsp3) is 0.125. The second kappa shape index (κ2) is 3.08. The van der Waals surface area contributed by atoms with Crippen LogP contribution < -0.4 is 0 Å². The van der Waals surface area contributed by atoms with Crippen molar-refractivity contribution in [2.24, 2.45) is 0 Å². The van der Waals surface area contributed by atoms with E-state index in [1.54, 1.807) is 11.3 Å². The van der Waals surface area contributed by atoms with E-state index in [1.807, 2.05) is 17.5 Å². The number of oxazole rings is 1. The molecule has 0 aliphatic carbocycles. The summed E-state index contributed by atoms with van der Waals surface area (Å²) in [6.45, 7) is -0.0988. The maximum Gasteiger partial charge on any atom is 0.236 e. The molecule has 0 aliphatic heterocycles. The molecule has 0 amide bonds. The average Bonchev–Trinajstić information content (AvgIpc) is 2.75. The second-order valence-corrected chi connectivity index (χ2v) is 3.21. The molecule has 0 atom stereocenters. The first-order valence-electron chi connectivity index (χ1n) is 3.49. The van der Waals surface area contributed by atoms with Gasteiger partial charge in [0.15, 0.2) is 0 Å². The van der Waals surface area contributed by atoms with Crippen molar-refractivity contribution in [2.45, 2.75) is 6.61 Å². The van der Waals surface area contributed by atoms with Crippen LogP contribution in [0, 0.1) is 0 Å². The minimum Gasteiger partial charge on any atom is -0.438 e. The number of hydrogen-bond donors (Lipinski definition) is 1. The van der Waals surface area contributed by atoms with Crippen LogP contribution in [-0.2, 0) is 6.61 Å². The minimum atomic E-state index is -0.0988. The lowest BCUT2D eigenvalue weighted by Gasteiger charge is -1.86. The normalized spacial score (nSPS) is 10.4. The zero-order chi connectivity index (χ0) is 8.39. The van der Waals surface area contributed by atoms with Crippen LogP contribution in [0.4, 0.5) is 0 Å². The predicted molar refractivity (Wildman–Crippen MR) is 45.7 cm³/mol. The molecular formula is C8H7NO2S. The summed E-state index contributed by atoms with van der Waals surface area (Å²) in [4.78, 5) is 4.99. The Labute approximate surface area is 73.3 Å². The predicted octanol–water partition coefficient (Wildman–Crippen LogP) is 1.90. The van der Waals surface area contributed by atoms with Crippen LogP contribution in [0.5, 0.6) is 0 Å². The van der Waals surface area contributed by atoms with Crippen molar-refractivity contribution in [1.82, 2.24) is 4.98 Å². The molecule has 0 bridgehead atoms. The van der Waals surface area contributed by atoms with Gasteiger partial charge in [-0.25, -0.2) is 4.98 Å². The zero-order valence-electron chi connectivity index (χ0n) is 6.23. The van der Waals surface area contributed by atoms with Gasteiger partial charge in [0, 0.05) is 0 Å². The van der Waals surface area contributed by atoms with E-state index in [1.165, 1.54) is 6.20 Å². The smallest absolute Gasteiger partial charge is 0.236 e. The molecular weight excluding hydrogens is 174 g/mol. The first-order valence-corrected chi connectivity index (χ1v) is 4.37. The molecule has 12 heavy (non-hydrogen) atoms. The third-order valence-electron chi connectivity index (χ3n) is 1.44. The third kappa shape index (κ3) is 1.26. The zero-order valence-corrected chi connectivity index (χ0v) is 7.04. The molecule has 4 heteroatoms. The molecule has 0 saturated carbocycles. The first-order chi connectivity index (χ1) is 5.90. The van der Waals surface area contributed by atoms with Crippen molar-refractivity contribution in [3.8, 4) is 10.8 Å². The number of hydrogen-bond acceptors (Lipinski definition) is 4. The Kier molecular flexibility index (Phi) is 1.93. The van der Waals surface area contributed by atoms with Crippen molar-refractivity contribution in [3.05, 3.63) is 29.5 Å². The van der Waals surface area contributed by atoms with Gasteiger partial charge in [-0.1, -0.05) is 6.07 Å². The van der Waals surface area contributed by atoms with Gasteiger partial charge in [0.25, 0.3) is 0 Å². The molecule has 2 aromatic rings. The van der Waals surface area contributed by atoms with E-state index in [-0.39, 0.29) is 6.61 Å². The van der Waals surface area contributed by atoms with E-state index in [4.69, 9.17) is 9.52 Å². The van der Waals surface area contributed by atoms with Crippen LogP contribution in [0.3, 0.4) is 0 Å². The molecule has 0 saturated heterocycles. The third-order valence-corrected chi connectivity index (χ3v) is 2.30. The van der Waals surface area contributed by atoms with Gasteiger partial charge in [0.2, 0.25) is 5.89 Å². The lowest BCUT2D eigenvalue weighted by Crippen LogP contribution is -1.73. The van der Waals surface area contributed by atoms with Crippen molar-refractivity contribution < 1.29 is 9.52 Å². The van der Waals surface area contributed by atoms with Crippen molar-refractivity contribution in [3.63, 3.8) is 0 Å². The molecule has 62 valence electrons.